The molecule has 5 nitrogen and oxygen atoms in total. The molecule has 2 aromatic carbocycles. The Hall–Kier alpha value is -1.54. The fraction of sp³-hybridized carbons (Fsp3) is 0.125. The third-order valence-electron chi connectivity index (χ3n) is 3.66. The zero-order valence-corrected chi connectivity index (χ0v) is 15.9. The van der Waals surface area contributed by atoms with Crippen LogP contribution in [0.3, 0.4) is 0 Å². The van der Waals surface area contributed by atoms with Gasteiger partial charge in [0.05, 0.1) is 22.4 Å². The summed E-state index contributed by atoms with van der Waals surface area (Å²) < 4.78 is 51.0. The van der Waals surface area contributed by atoms with Gasteiger partial charge in [-0.25, -0.2) is 16.8 Å². The highest BCUT2D eigenvalue weighted by atomic mass is 35.5. The van der Waals surface area contributed by atoms with E-state index in [0.29, 0.717) is 15.7 Å². The van der Waals surface area contributed by atoms with Gasteiger partial charge in [0.15, 0.2) is 9.84 Å². The Kier molecular flexibility index (Phi) is 4.85. The van der Waals surface area contributed by atoms with Crippen molar-refractivity contribution >= 4 is 48.7 Å². The molecule has 0 aliphatic carbocycles. The van der Waals surface area contributed by atoms with Crippen molar-refractivity contribution < 1.29 is 16.8 Å². The van der Waals surface area contributed by atoms with E-state index in [9.17, 15) is 16.8 Å². The van der Waals surface area contributed by atoms with Crippen LogP contribution in [-0.2, 0) is 19.9 Å². The molecule has 0 saturated carbocycles. The molecular formula is C16H13Cl2NO4S2. The molecule has 25 heavy (non-hydrogen) atoms. The molecule has 0 amide bonds. The molecule has 0 saturated heterocycles. The van der Waals surface area contributed by atoms with Crippen molar-refractivity contribution in [2.45, 2.75) is 10.9 Å². The summed E-state index contributed by atoms with van der Waals surface area (Å²) in [6.07, 6.45) is 1.37. The predicted octanol–water partition coefficient (Wildman–Crippen LogP) is 3.50. The first-order chi connectivity index (χ1) is 11.7. The van der Waals surface area contributed by atoms with Crippen LogP contribution in [0.5, 0.6) is 0 Å². The van der Waals surface area contributed by atoms with Crippen molar-refractivity contribution in [3.8, 4) is 0 Å². The smallest absolute Gasteiger partial charge is 0.258 e. The van der Waals surface area contributed by atoms with Gasteiger partial charge in [-0.2, -0.15) is 0 Å². The quantitative estimate of drug-likeness (QED) is 0.762. The fourth-order valence-electron chi connectivity index (χ4n) is 2.52. The molecule has 0 bridgehead atoms. The number of anilines is 1. The Morgan fingerprint density at radius 2 is 1.44 bits per heavy atom. The van der Waals surface area contributed by atoms with E-state index in [1.165, 1.54) is 42.5 Å². The second-order valence-electron chi connectivity index (χ2n) is 5.46. The number of rotatable bonds is 4. The van der Waals surface area contributed by atoms with E-state index in [2.05, 4.69) is 0 Å². The minimum Gasteiger partial charge on any atom is -0.258 e. The monoisotopic (exact) mass is 417 g/mol. The maximum atomic E-state index is 13.1. The second-order valence-corrected chi connectivity index (χ2v) is 10.1. The van der Waals surface area contributed by atoms with E-state index >= 15 is 0 Å². The van der Waals surface area contributed by atoms with E-state index in [4.69, 9.17) is 23.2 Å². The molecule has 0 aromatic heterocycles. The Balaban J connectivity index is 2.12. The van der Waals surface area contributed by atoms with Crippen molar-refractivity contribution in [1.82, 2.24) is 0 Å². The highest BCUT2D eigenvalue weighted by Crippen LogP contribution is 2.30. The van der Waals surface area contributed by atoms with Crippen molar-refractivity contribution in [3.05, 3.63) is 70.1 Å². The van der Waals surface area contributed by atoms with Crippen molar-refractivity contribution in [2.24, 2.45) is 0 Å². The Morgan fingerprint density at radius 1 is 0.920 bits per heavy atom. The average Bonchev–Trinajstić information content (AvgIpc) is 2.89. The van der Waals surface area contributed by atoms with Gasteiger partial charge >= 0.3 is 0 Å². The molecule has 1 aliphatic heterocycles. The van der Waals surface area contributed by atoms with Crippen LogP contribution in [0.2, 0.25) is 10.0 Å². The first-order valence-electron chi connectivity index (χ1n) is 7.16. The summed E-state index contributed by atoms with van der Waals surface area (Å²) in [6, 6.07) is 11.0. The van der Waals surface area contributed by atoms with Crippen molar-refractivity contribution in [3.63, 3.8) is 0 Å². The standard InChI is InChI=1S/C16H13Cl2NO4S2/c17-12-1-5-14(6-2-12)19(15-9-10-24(20,21)11-15)25(22,23)16-7-3-13(18)4-8-16/h1-10,15H,11H2/t15-/m0/s1. The summed E-state index contributed by atoms with van der Waals surface area (Å²) in [4.78, 5) is 0.0181. The Labute approximate surface area is 156 Å². The molecular weight excluding hydrogens is 405 g/mol. The van der Waals surface area contributed by atoms with Gasteiger partial charge in [-0.3, -0.25) is 4.31 Å². The van der Waals surface area contributed by atoms with E-state index in [1.807, 2.05) is 0 Å². The number of hydrogen-bond donors (Lipinski definition) is 0. The molecule has 132 valence electrons. The third kappa shape index (κ3) is 3.84. The van der Waals surface area contributed by atoms with Crippen LogP contribution in [0.1, 0.15) is 0 Å². The number of sulfone groups is 1. The number of hydrogen-bond acceptors (Lipinski definition) is 4. The number of sulfonamides is 1. The van der Waals surface area contributed by atoms with Crippen molar-refractivity contribution in [1.29, 1.82) is 0 Å². The normalized spacial score (nSPS) is 19.0. The van der Waals surface area contributed by atoms with Crippen LogP contribution < -0.4 is 4.31 Å². The summed E-state index contributed by atoms with van der Waals surface area (Å²) in [5, 5.41) is 1.89. The minimum absolute atomic E-state index is 0.0181. The fourth-order valence-corrected chi connectivity index (χ4v) is 5.74. The molecule has 0 unspecified atom stereocenters. The van der Waals surface area contributed by atoms with Gasteiger partial charge < -0.3 is 0 Å². The second kappa shape index (κ2) is 6.64. The molecule has 1 heterocycles. The number of benzene rings is 2. The molecule has 1 aliphatic rings. The zero-order valence-electron chi connectivity index (χ0n) is 12.7. The van der Waals surface area contributed by atoms with Gasteiger partial charge in [0.1, 0.15) is 0 Å². The molecule has 1 atom stereocenters. The van der Waals surface area contributed by atoms with Crippen LogP contribution in [0.4, 0.5) is 5.69 Å². The maximum absolute atomic E-state index is 13.1. The zero-order chi connectivity index (χ0) is 18.2. The van der Waals surface area contributed by atoms with Crippen LogP contribution >= 0.6 is 23.2 Å². The molecule has 0 spiro atoms. The predicted molar refractivity (Wildman–Crippen MR) is 99.3 cm³/mol. The van der Waals surface area contributed by atoms with Gasteiger partial charge in [-0.05, 0) is 54.6 Å². The largest absolute Gasteiger partial charge is 0.264 e. The highest BCUT2D eigenvalue weighted by Gasteiger charge is 2.35. The summed E-state index contributed by atoms with van der Waals surface area (Å²) >= 11 is 11.7. The summed E-state index contributed by atoms with van der Waals surface area (Å²) in [7, 11) is -7.44. The first-order valence-corrected chi connectivity index (χ1v) is 11.1. The lowest BCUT2D eigenvalue weighted by Gasteiger charge is -2.29. The summed E-state index contributed by atoms with van der Waals surface area (Å²) in [5.41, 5.74) is 0.325. The van der Waals surface area contributed by atoms with Gasteiger partial charge in [0, 0.05) is 15.5 Å². The lowest BCUT2D eigenvalue weighted by atomic mass is 10.2. The maximum Gasteiger partial charge on any atom is 0.264 e. The Bertz CT molecular complexity index is 1010. The Morgan fingerprint density at radius 3 is 1.92 bits per heavy atom. The highest BCUT2D eigenvalue weighted by molar-refractivity contribution is 7.95. The van der Waals surface area contributed by atoms with Crippen LogP contribution in [0.25, 0.3) is 0 Å². The van der Waals surface area contributed by atoms with Crippen molar-refractivity contribution in [2.75, 3.05) is 10.1 Å². The van der Waals surface area contributed by atoms with E-state index in [1.54, 1.807) is 12.1 Å². The van der Waals surface area contributed by atoms with Crippen LogP contribution in [0.15, 0.2) is 64.9 Å². The number of nitrogens with zero attached hydrogens (tertiary/aromatic N) is 1. The molecule has 3 rings (SSSR count). The minimum atomic E-state index is -4.00. The third-order valence-corrected chi connectivity index (χ3v) is 7.41. The number of halogens is 2. The summed E-state index contributed by atoms with van der Waals surface area (Å²) in [5.74, 6) is -0.317. The van der Waals surface area contributed by atoms with E-state index < -0.39 is 25.9 Å². The van der Waals surface area contributed by atoms with Gasteiger partial charge in [-0.1, -0.05) is 23.2 Å². The molecule has 2 aromatic rings. The first kappa shape index (κ1) is 18.3. The van der Waals surface area contributed by atoms with E-state index in [0.717, 1.165) is 9.71 Å². The topological polar surface area (TPSA) is 71.5 Å². The lowest BCUT2D eigenvalue weighted by Crippen LogP contribution is -2.41. The SMILES string of the molecule is O=S1(=O)C=C[C@H](N(c2ccc(Cl)cc2)S(=O)(=O)c2ccc(Cl)cc2)C1. The molecule has 0 fully saturated rings. The van der Waals surface area contributed by atoms with Gasteiger partial charge in [-0.15, -0.1) is 0 Å². The lowest BCUT2D eigenvalue weighted by molar-refractivity contribution is 0.586. The van der Waals surface area contributed by atoms with E-state index in [-0.39, 0.29) is 10.6 Å². The summed E-state index contributed by atoms with van der Waals surface area (Å²) in [6.45, 7) is 0. The van der Waals surface area contributed by atoms with Crippen LogP contribution in [-0.4, -0.2) is 28.6 Å². The van der Waals surface area contributed by atoms with Gasteiger partial charge in [0.25, 0.3) is 10.0 Å². The molecule has 9 heteroatoms. The van der Waals surface area contributed by atoms with Gasteiger partial charge in [0.2, 0.25) is 0 Å². The van der Waals surface area contributed by atoms with Crippen LogP contribution in [0, 0.1) is 0 Å². The molecule has 0 radical (unpaired) electrons. The average molecular weight is 418 g/mol. The molecule has 0 N–H and O–H groups in total.